The molecule has 1 heterocycles. The van der Waals surface area contributed by atoms with Gasteiger partial charge in [0.1, 0.15) is 0 Å². The van der Waals surface area contributed by atoms with Crippen LogP contribution < -0.4 is 10.2 Å². The van der Waals surface area contributed by atoms with Gasteiger partial charge in [0.25, 0.3) is 0 Å². The number of benzene rings is 2. The molecule has 2 amide bonds. The lowest BCUT2D eigenvalue weighted by Gasteiger charge is -2.52. The number of anilines is 1. The number of fused-ring (bicyclic) bond motifs is 1. The highest BCUT2D eigenvalue weighted by Crippen LogP contribution is 2.53. The number of carbonyl (C=O) groups excluding carboxylic acids is 1. The molecule has 2 aromatic rings. The van der Waals surface area contributed by atoms with E-state index in [9.17, 15) is 14.7 Å². The Balaban J connectivity index is 1.75. The van der Waals surface area contributed by atoms with E-state index >= 15 is 0 Å². The van der Waals surface area contributed by atoms with Crippen LogP contribution in [0, 0.1) is 10.8 Å². The summed E-state index contributed by atoms with van der Waals surface area (Å²) in [5.41, 5.74) is 3.56. The van der Waals surface area contributed by atoms with Gasteiger partial charge in [0.05, 0.1) is 16.8 Å². The maximum atomic E-state index is 13.4. The fourth-order valence-electron chi connectivity index (χ4n) is 5.34. The molecule has 0 bridgehead atoms. The first kappa shape index (κ1) is 25.3. The number of halogens is 1. The third-order valence-electron chi connectivity index (χ3n) is 7.42. The summed E-state index contributed by atoms with van der Waals surface area (Å²) < 4.78 is 0. The van der Waals surface area contributed by atoms with E-state index in [0.29, 0.717) is 5.69 Å². The molecule has 0 unspecified atom stereocenters. The second-order valence-corrected chi connectivity index (χ2v) is 12.1. The van der Waals surface area contributed by atoms with Gasteiger partial charge >= 0.3 is 12.0 Å². The number of rotatable bonds is 5. The molecule has 6 heteroatoms. The molecule has 5 nitrogen and oxygen atoms in total. The van der Waals surface area contributed by atoms with Crippen LogP contribution in [0.4, 0.5) is 10.5 Å². The molecule has 1 fully saturated rings. The van der Waals surface area contributed by atoms with Crippen LogP contribution in [-0.2, 0) is 12.0 Å². The minimum absolute atomic E-state index is 0.136. The molecule has 0 saturated heterocycles. The van der Waals surface area contributed by atoms with Gasteiger partial charge < -0.3 is 10.4 Å². The number of hydrogen-bond donors (Lipinski definition) is 2. The van der Waals surface area contributed by atoms with Crippen molar-refractivity contribution in [2.24, 2.45) is 10.8 Å². The van der Waals surface area contributed by atoms with Crippen molar-refractivity contribution in [2.45, 2.75) is 72.3 Å². The van der Waals surface area contributed by atoms with Crippen molar-refractivity contribution in [3.05, 3.63) is 76.0 Å². The van der Waals surface area contributed by atoms with Crippen LogP contribution in [0.25, 0.3) is 0 Å². The third kappa shape index (κ3) is 4.97. The van der Waals surface area contributed by atoms with Gasteiger partial charge in [-0.15, -0.1) is 0 Å². The summed E-state index contributed by atoms with van der Waals surface area (Å²) in [7, 11) is 0. The minimum atomic E-state index is -0.992. The highest BCUT2D eigenvalue weighted by Gasteiger charge is 2.50. The van der Waals surface area contributed by atoms with Crippen LogP contribution in [0.15, 0.2) is 54.2 Å². The molecule has 1 aliphatic carbocycles. The van der Waals surface area contributed by atoms with Gasteiger partial charge in [0.15, 0.2) is 0 Å². The average Bonchev–Trinajstić information content (AvgIpc) is 2.77. The maximum absolute atomic E-state index is 13.4. The van der Waals surface area contributed by atoms with E-state index in [1.165, 1.54) is 12.1 Å². The summed E-state index contributed by atoms with van der Waals surface area (Å²) in [6, 6.07) is 12.4. The summed E-state index contributed by atoms with van der Waals surface area (Å²) in [5, 5.41) is 13.3. The predicted molar refractivity (Wildman–Crippen MR) is 141 cm³/mol. The zero-order valence-corrected chi connectivity index (χ0v) is 22.0. The van der Waals surface area contributed by atoms with Crippen molar-refractivity contribution < 1.29 is 14.7 Å². The molecule has 35 heavy (non-hydrogen) atoms. The minimum Gasteiger partial charge on any atom is -0.478 e. The number of aromatic carboxylic acids is 1. The topological polar surface area (TPSA) is 69.6 Å². The van der Waals surface area contributed by atoms with Crippen LogP contribution in [0.2, 0.25) is 5.02 Å². The summed E-state index contributed by atoms with van der Waals surface area (Å²) in [6.45, 7) is 11.1. The van der Waals surface area contributed by atoms with Gasteiger partial charge in [-0.25, -0.2) is 9.59 Å². The first-order chi connectivity index (χ1) is 16.3. The highest BCUT2D eigenvalue weighted by molar-refractivity contribution is 6.31. The molecule has 1 saturated carbocycles. The van der Waals surface area contributed by atoms with Gasteiger partial charge in [-0.2, -0.15) is 0 Å². The largest absolute Gasteiger partial charge is 0.478 e. The van der Waals surface area contributed by atoms with E-state index in [1.807, 2.05) is 12.3 Å². The van der Waals surface area contributed by atoms with E-state index in [-0.39, 0.29) is 22.4 Å². The van der Waals surface area contributed by atoms with Gasteiger partial charge in [-0.1, -0.05) is 58.4 Å². The fraction of sp³-hybridized carbons (Fsp3) is 0.448. The molecule has 186 valence electrons. The number of carboxylic acids is 1. The second kappa shape index (κ2) is 9.02. The molecule has 2 aliphatic rings. The van der Waals surface area contributed by atoms with E-state index < -0.39 is 11.5 Å². The van der Waals surface area contributed by atoms with Crippen molar-refractivity contribution in [3.8, 4) is 0 Å². The maximum Gasteiger partial charge on any atom is 0.335 e. The predicted octanol–water partition coefficient (Wildman–Crippen LogP) is 7.54. The lowest BCUT2D eigenvalue weighted by Crippen LogP contribution is -2.59. The number of carboxylic acid groups (broad SMARTS) is 1. The molecule has 1 aliphatic heterocycles. The van der Waals surface area contributed by atoms with Gasteiger partial charge in [0.2, 0.25) is 0 Å². The Morgan fingerprint density at radius 1 is 1.11 bits per heavy atom. The van der Waals surface area contributed by atoms with E-state index in [4.69, 9.17) is 11.6 Å². The summed E-state index contributed by atoms with van der Waals surface area (Å²) in [5.74, 6) is -0.992. The van der Waals surface area contributed by atoms with Gasteiger partial charge in [-0.3, -0.25) is 4.90 Å². The van der Waals surface area contributed by atoms with Crippen molar-refractivity contribution in [2.75, 3.05) is 4.90 Å². The molecule has 4 rings (SSSR count). The summed E-state index contributed by atoms with van der Waals surface area (Å²) >= 11 is 6.79. The standard InChI is InChI=1S/C29H35ClN2O3/c1-27(2,3)16-13-19-7-10-21(17-23(19)30)29-15-6-14-28(4,5)24(29)18-32(26(35)31-29)22-11-8-20(9-12-22)25(33)34/h7-12,17-18H,6,13-16H2,1-5H3,(H,31,35)(H,33,34)/t29-/m1/s1. The molecule has 0 aromatic heterocycles. The number of urea groups is 1. The Kier molecular flexibility index (Phi) is 6.52. The number of carbonyl (C=O) groups is 2. The Morgan fingerprint density at radius 2 is 1.80 bits per heavy atom. The number of nitrogens with one attached hydrogen (secondary N) is 1. The number of nitrogens with zero attached hydrogens (tertiary/aromatic N) is 1. The van der Waals surface area contributed by atoms with Crippen LogP contribution in [0.1, 0.15) is 81.8 Å². The molecule has 0 spiro atoms. The monoisotopic (exact) mass is 494 g/mol. The van der Waals surface area contributed by atoms with Gasteiger partial charge in [0, 0.05) is 11.2 Å². The van der Waals surface area contributed by atoms with Crippen LogP contribution in [0.3, 0.4) is 0 Å². The fourth-order valence-corrected chi connectivity index (χ4v) is 5.62. The molecule has 2 aromatic carbocycles. The highest BCUT2D eigenvalue weighted by atomic mass is 35.5. The number of amides is 2. The van der Waals surface area contributed by atoms with Crippen molar-refractivity contribution in [1.29, 1.82) is 0 Å². The zero-order chi connectivity index (χ0) is 25.6. The second-order valence-electron chi connectivity index (χ2n) is 11.7. The Bertz CT molecular complexity index is 1180. The average molecular weight is 495 g/mol. The lowest BCUT2D eigenvalue weighted by molar-refractivity contribution is 0.0697. The molecule has 2 N–H and O–H groups in total. The lowest BCUT2D eigenvalue weighted by atomic mass is 9.61. The third-order valence-corrected chi connectivity index (χ3v) is 7.77. The summed E-state index contributed by atoms with van der Waals surface area (Å²) in [6.07, 6.45) is 6.71. The molecular weight excluding hydrogens is 460 g/mol. The molecule has 1 atom stereocenters. The SMILES string of the molecule is CC(C)(C)CCc1ccc([C@]23CCCC(C)(C)C2=CN(c2ccc(C(=O)O)cc2)C(=O)N3)cc1Cl. The Hall–Kier alpha value is -2.79. The smallest absolute Gasteiger partial charge is 0.335 e. The van der Waals surface area contributed by atoms with Crippen molar-refractivity contribution >= 4 is 29.3 Å². The first-order valence-electron chi connectivity index (χ1n) is 12.3. The first-order valence-corrected chi connectivity index (χ1v) is 12.7. The Morgan fingerprint density at radius 3 is 2.40 bits per heavy atom. The quantitative estimate of drug-likeness (QED) is 0.451. The van der Waals surface area contributed by atoms with Crippen molar-refractivity contribution in [1.82, 2.24) is 5.32 Å². The van der Waals surface area contributed by atoms with Crippen LogP contribution >= 0.6 is 11.6 Å². The van der Waals surface area contributed by atoms with Gasteiger partial charge in [-0.05, 0) is 90.0 Å². The molecular formula is C29H35ClN2O3. The normalized spacial score (nSPS) is 21.7. The number of hydrogen-bond acceptors (Lipinski definition) is 2. The van der Waals surface area contributed by atoms with E-state index in [0.717, 1.165) is 53.8 Å². The van der Waals surface area contributed by atoms with E-state index in [2.05, 4.69) is 52.1 Å². The van der Waals surface area contributed by atoms with Crippen LogP contribution in [-0.4, -0.2) is 17.1 Å². The molecule has 0 radical (unpaired) electrons. The van der Waals surface area contributed by atoms with Crippen LogP contribution in [0.5, 0.6) is 0 Å². The van der Waals surface area contributed by atoms with Crippen molar-refractivity contribution in [3.63, 3.8) is 0 Å². The van der Waals surface area contributed by atoms with E-state index in [1.54, 1.807) is 17.0 Å². The zero-order valence-electron chi connectivity index (χ0n) is 21.2. The number of aryl methyl sites for hydroxylation is 1. The summed E-state index contributed by atoms with van der Waals surface area (Å²) in [4.78, 5) is 26.3. The Labute approximate surface area is 213 Å².